The van der Waals surface area contributed by atoms with Gasteiger partial charge in [-0.2, -0.15) is 8.42 Å². The van der Waals surface area contributed by atoms with Crippen molar-refractivity contribution >= 4 is 21.3 Å². The van der Waals surface area contributed by atoms with Crippen LogP contribution >= 0.6 is 0 Å². The van der Waals surface area contributed by atoms with Gasteiger partial charge in [0.25, 0.3) is 0 Å². The zero-order chi connectivity index (χ0) is 13.8. The van der Waals surface area contributed by atoms with Gasteiger partial charge in [0, 0.05) is 17.1 Å². The highest BCUT2D eigenvalue weighted by Crippen LogP contribution is 2.22. The molecule has 0 aliphatic carbocycles. The fourth-order valence-corrected chi connectivity index (χ4v) is 1.53. The van der Waals surface area contributed by atoms with Gasteiger partial charge in [0.15, 0.2) is 0 Å². The predicted octanol–water partition coefficient (Wildman–Crippen LogP) is 0.722. The van der Waals surface area contributed by atoms with E-state index in [2.05, 4.69) is 4.98 Å². The van der Waals surface area contributed by atoms with Crippen LogP contribution in [0.2, 0.25) is 0 Å². The van der Waals surface area contributed by atoms with Gasteiger partial charge >= 0.3 is 10.4 Å². The lowest BCUT2D eigenvalue weighted by Crippen LogP contribution is -2.01. The first-order chi connectivity index (χ1) is 8.31. The van der Waals surface area contributed by atoms with E-state index in [1.165, 1.54) is 0 Å². The Morgan fingerprint density at radius 1 is 1.28 bits per heavy atom. The minimum absolute atomic E-state index is 0.297. The molecule has 0 saturated carbocycles. The lowest BCUT2D eigenvalue weighted by Gasteiger charge is -1.96. The van der Waals surface area contributed by atoms with Crippen LogP contribution in [0.15, 0.2) is 24.4 Å². The van der Waals surface area contributed by atoms with E-state index >= 15 is 0 Å². The maximum Gasteiger partial charge on any atom is 0.394 e. The van der Waals surface area contributed by atoms with E-state index < -0.39 is 10.4 Å². The molecule has 0 aliphatic heterocycles. The Kier molecular flexibility index (Phi) is 4.68. The molecule has 0 aliphatic rings. The third-order valence-corrected chi connectivity index (χ3v) is 2.16. The minimum Gasteiger partial charge on any atom is -0.508 e. The van der Waals surface area contributed by atoms with Crippen molar-refractivity contribution < 1.29 is 22.6 Å². The van der Waals surface area contributed by atoms with Crippen molar-refractivity contribution in [3.8, 4) is 5.75 Å². The summed E-state index contributed by atoms with van der Waals surface area (Å²) in [7, 11) is -4.67. The number of phenolic OH excluding ortho intramolecular Hbond substituents is 1. The SMILES string of the molecule is NCCc1c[nH]c2ccc(O)cc12.O=S(=O)(O)O. The number of fused-ring (bicyclic) bond motifs is 1. The summed E-state index contributed by atoms with van der Waals surface area (Å²) >= 11 is 0. The highest BCUT2D eigenvalue weighted by Gasteiger charge is 2.02. The zero-order valence-corrected chi connectivity index (χ0v) is 10.2. The molecule has 0 radical (unpaired) electrons. The van der Waals surface area contributed by atoms with Crippen molar-refractivity contribution in [2.75, 3.05) is 6.54 Å². The standard InChI is InChI=1S/C10H12N2O.H2O4S/c11-4-3-7-6-12-10-2-1-8(13)5-9(7)10;1-5(2,3)4/h1-2,5-6,12-13H,3-4,11H2;(H2,1,2,3,4). The average Bonchev–Trinajstić information content (AvgIpc) is 2.59. The highest BCUT2D eigenvalue weighted by molar-refractivity contribution is 7.79. The van der Waals surface area contributed by atoms with Crippen LogP contribution in [-0.2, 0) is 16.8 Å². The summed E-state index contributed by atoms with van der Waals surface area (Å²) in [4.78, 5) is 3.13. The van der Waals surface area contributed by atoms with Crippen LogP contribution in [0.5, 0.6) is 5.75 Å². The molecule has 0 saturated heterocycles. The fourth-order valence-electron chi connectivity index (χ4n) is 1.53. The molecule has 0 fully saturated rings. The van der Waals surface area contributed by atoms with E-state index in [9.17, 15) is 5.11 Å². The van der Waals surface area contributed by atoms with Crippen molar-refractivity contribution in [2.45, 2.75) is 6.42 Å². The second-order valence-electron chi connectivity index (χ2n) is 3.53. The number of rotatable bonds is 2. The molecule has 6 N–H and O–H groups in total. The smallest absolute Gasteiger partial charge is 0.394 e. The molecule has 0 spiro atoms. The van der Waals surface area contributed by atoms with Crippen LogP contribution in [0.1, 0.15) is 5.56 Å². The maximum atomic E-state index is 9.30. The third-order valence-electron chi connectivity index (χ3n) is 2.16. The van der Waals surface area contributed by atoms with Gasteiger partial charge in [0.1, 0.15) is 5.75 Å². The summed E-state index contributed by atoms with van der Waals surface area (Å²) in [5.41, 5.74) is 7.68. The molecule has 0 unspecified atom stereocenters. The molecule has 0 bridgehead atoms. The summed E-state index contributed by atoms with van der Waals surface area (Å²) in [6.07, 6.45) is 2.78. The lowest BCUT2D eigenvalue weighted by atomic mass is 10.1. The number of H-pyrrole nitrogens is 1. The van der Waals surface area contributed by atoms with Gasteiger partial charge in [-0.3, -0.25) is 9.11 Å². The molecule has 8 heteroatoms. The van der Waals surface area contributed by atoms with Gasteiger partial charge in [0.05, 0.1) is 0 Å². The normalized spacial score (nSPS) is 11.1. The molecular weight excluding hydrogens is 260 g/mol. The predicted molar refractivity (Wildman–Crippen MR) is 66.9 cm³/mol. The Labute approximate surface area is 104 Å². The Morgan fingerprint density at radius 3 is 2.44 bits per heavy atom. The van der Waals surface area contributed by atoms with Crippen LogP contribution in [0, 0.1) is 0 Å². The largest absolute Gasteiger partial charge is 0.508 e. The summed E-state index contributed by atoms with van der Waals surface area (Å²) in [6, 6.07) is 5.30. The number of nitrogens with one attached hydrogen (secondary N) is 1. The number of hydrogen-bond acceptors (Lipinski definition) is 4. The molecule has 1 aromatic heterocycles. The van der Waals surface area contributed by atoms with Gasteiger partial charge in [0.2, 0.25) is 0 Å². The van der Waals surface area contributed by atoms with E-state index in [4.69, 9.17) is 23.3 Å². The molecule has 2 rings (SSSR count). The van der Waals surface area contributed by atoms with E-state index in [1.807, 2.05) is 12.3 Å². The van der Waals surface area contributed by atoms with Crippen LogP contribution in [0.3, 0.4) is 0 Å². The lowest BCUT2D eigenvalue weighted by molar-refractivity contribution is 0.381. The number of benzene rings is 1. The molecule has 0 atom stereocenters. The van der Waals surface area contributed by atoms with Crippen molar-refractivity contribution in [3.63, 3.8) is 0 Å². The summed E-state index contributed by atoms with van der Waals surface area (Å²) < 4.78 is 31.6. The van der Waals surface area contributed by atoms with Gasteiger partial charge < -0.3 is 15.8 Å². The highest BCUT2D eigenvalue weighted by atomic mass is 32.3. The van der Waals surface area contributed by atoms with Gasteiger partial charge in [-0.25, -0.2) is 0 Å². The molecule has 2 aromatic rings. The van der Waals surface area contributed by atoms with Crippen LogP contribution in [0.25, 0.3) is 10.9 Å². The molecule has 1 aromatic carbocycles. The van der Waals surface area contributed by atoms with E-state index in [0.29, 0.717) is 12.3 Å². The topological polar surface area (TPSA) is 137 Å². The fraction of sp³-hybridized carbons (Fsp3) is 0.200. The molecule has 1 heterocycles. The minimum atomic E-state index is -4.67. The van der Waals surface area contributed by atoms with Crippen LogP contribution < -0.4 is 5.73 Å². The number of aromatic nitrogens is 1. The Morgan fingerprint density at radius 2 is 1.89 bits per heavy atom. The second-order valence-corrected chi connectivity index (χ2v) is 4.43. The van der Waals surface area contributed by atoms with Crippen molar-refractivity contribution in [3.05, 3.63) is 30.0 Å². The Balaban J connectivity index is 0.000000280. The summed E-state index contributed by atoms with van der Waals surface area (Å²) in [5, 5.41) is 10.4. The first kappa shape index (κ1) is 14.5. The van der Waals surface area contributed by atoms with E-state index in [0.717, 1.165) is 22.9 Å². The van der Waals surface area contributed by atoms with Gasteiger partial charge in [-0.15, -0.1) is 0 Å². The molecular formula is C10H14N2O5S. The third kappa shape index (κ3) is 4.72. The first-order valence-electron chi connectivity index (χ1n) is 5.00. The summed E-state index contributed by atoms with van der Waals surface area (Å²) in [6.45, 7) is 0.628. The summed E-state index contributed by atoms with van der Waals surface area (Å²) in [5.74, 6) is 0.297. The van der Waals surface area contributed by atoms with Crippen molar-refractivity contribution in [1.29, 1.82) is 0 Å². The zero-order valence-electron chi connectivity index (χ0n) is 9.37. The number of aromatic amines is 1. The molecule has 18 heavy (non-hydrogen) atoms. The van der Waals surface area contributed by atoms with Crippen molar-refractivity contribution in [1.82, 2.24) is 4.98 Å². The Bertz CT molecular complexity index is 612. The average molecular weight is 274 g/mol. The van der Waals surface area contributed by atoms with Gasteiger partial charge in [-0.1, -0.05) is 0 Å². The van der Waals surface area contributed by atoms with E-state index in [1.54, 1.807) is 12.1 Å². The van der Waals surface area contributed by atoms with Crippen LogP contribution in [0.4, 0.5) is 0 Å². The second kappa shape index (κ2) is 5.83. The van der Waals surface area contributed by atoms with E-state index in [-0.39, 0.29) is 0 Å². The number of nitrogens with two attached hydrogens (primary N) is 1. The number of hydrogen-bond donors (Lipinski definition) is 5. The van der Waals surface area contributed by atoms with Crippen molar-refractivity contribution in [2.24, 2.45) is 5.73 Å². The monoisotopic (exact) mass is 274 g/mol. The molecule has 100 valence electrons. The molecule has 7 nitrogen and oxygen atoms in total. The number of phenols is 1. The maximum absolute atomic E-state index is 9.30. The quantitative estimate of drug-likeness (QED) is 0.512. The van der Waals surface area contributed by atoms with Gasteiger partial charge in [-0.05, 0) is 36.7 Å². The van der Waals surface area contributed by atoms with Crippen LogP contribution in [-0.4, -0.2) is 34.2 Å². The number of aromatic hydroxyl groups is 1. The molecule has 0 amide bonds. The first-order valence-corrected chi connectivity index (χ1v) is 6.40. The Hall–Kier alpha value is -1.61.